The third kappa shape index (κ3) is 3.68. The highest BCUT2D eigenvalue weighted by Crippen LogP contribution is 2.23. The van der Waals surface area contributed by atoms with Crippen LogP contribution in [0.5, 0.6) is 0 Å². The predicted molar refractivity (Wildman–Crippen MR) is 107 cm³/mol. The van der Waals surface area contributed by atoms with Crippen LogP contribution in [0.1, 0.15) is 15.2 Å². The SMILES string of the molecule is O=C(O)c1ccc2[nH]c(-c3ccc(S(=O)(=O)NCc4cccs4)cc3)nc2c1. The van der Waals surface area contributed by atoms with E-state index in [1.54, 1.807) is 18.2 Å². The minimum Gasteiger partial charge on any atom is -0.478 e. The molecule has 0 saturated carbocycles. The Balaban J connectivity index is 1.57. The molecule has 0 saturated heterocycles. The van der Waals surface area contributed by atoms with E-state index >= 15 is 0 Å². The quantitative estimate of drug-likeness (QED) is 0.448. The number of carboxylic acids is 1. The Morgan fingerprint density at radius 1 is 1.14 bits per heavy atom. The fourth-order valence-electron chi connectivity index (χ4n) is 2.73. The Bertz CT molecular complexity index is 1240. The molecule has 0 unspecified atom stereocenters. The second-order valence-electron chi connectivity index (χ2n) is 6.05. The van der Waals surface area contributed by atoms with Crippen LogP contribution in [0.2, 0.25) is 0 Å². The molecule has 142 valence electrons. The average molecular weight is 413 g/mol. The van der Waals surface area contributed by atoms with Gasteiger partial charge in [0.25, 0.3) is 0 Å². The number of imidazole rings is 1. The van der Waals surface area contributed by atoms with Gasteiger partial charge in [0.1, 0.15) is 5.82 Å². The molecule has 0 radical (unpaired) electrons. The van der Waals surface area contributed by atoms with Crippen molar-refractivity contribution < 1.29 is 18.3 Å². The lowest BCUT2D eigenvalue weighted by atomic mass is 10.2. The van der Waals surface area contributed by atoms with Crippen molar-refractivity contribution in [3.8, 4) is 11.4 Å². The fourth-order valence-corrected chi connectivity index (χ4v) is 4.47. The number of benzene rings is 2. The summed E-state index contributed by atoms with van der Waals surface area (Å²) in [5.74, 6) is -0.482. The van der Waals surface area contributed by atoms with Gasteiger partial charge >= 0.3 is 5.97 Å². The number of fused-ring (bicyclic) bond motifs is 1. The number of nitrogens with zero attached hydrogens (tertiary/aromatic N) is 1. The average Bonchev–Trinajstić information content (AvgIpc) is 3.35. The second kappa shape index (κ2) is 7.19. The lowest BCUT2D eigenvalue weighted by Crippen LogP contribution is -2.22. The molecule has 0 atom stereocenters. The lowest BCUT2D eigenvalue weighted by molar-refractivity contribution is 0.0697. The van der Waals surface area contributed by atoms with Crippen molar-refractivity contribution in [3.63, 3.8) is 0 Å². The first kappa shape index (κ1) is 18.4. The Morgan fingerprint density at radius 3 is 2.61 bits per heavy atom. The number of rotatable bonds is 6. The number of hydrogen-bond donors (Lipinski definition) is 3. The van der Waals surface area contributed by atoms with E-state index in [2.05, 4.69) is 14.7 Å². The molecule has 0 fully saturated rings. The van der Waals surface area contributed by atoms with Gasteiger partial charge in [0.2, 0.25) is 10.0 Å². The van der Waals surface area contributed by atoms with Crippen molar-refractivity contribution in [3.05, 3.63) is 70.4 Å². The van der Waals surface area contributed by atoms with Crippen LogP contribution < -0.4 is 4.72 Å². The molecule has 3 N–H and O–H groups in total. The largest absolute Gasteiger partial charge is 0.478 e. The highest BCUT2D eigenvalue weighted by Gasteiger charge is 2.15. The Morgan fingerprint density at radius 2 is 1.93 bits per heavy atom. The van der Waals surface area contributed by atoms with Gasteiger partial charge in [-0.15, -0.1) is 11.3 Å². The number of sulfonamides is 1. The number of hydrogen-bond acceptors (Lipinski definition) is 5. The smallest absolute Gasteiger partial charge is 0.335 e. The van der Waals surface area contributed by atoms with Crippen LogP contribution in [0, 0.1) is 0 Å². The van der Waals surface area contributed by atoms with E-state index in [-0.39, 0.29) is 17.0 Å². The second-order valence-corrected chi connectivity index (χ2v) is 8.85. The van der Waals surface area contributed by atoms with Gasteiger partial charge in [0, 0.05) is 17.0 Å². The number of thiophene rings is 1. The molecule has 0 spiro atoms. The molecule has 0 aliphatic heterocycles. The van der Waals surface area contributed by atoms with Gasteiger partial charge in [-0.1, -0.05) is 6.07 Å². The number of nitrogens with one attached hydrogen (secondary N) is 2. The first-order chi connectivity index (χ1) is 13.4. The first-order valence-corrected chi connectivity index (χ1v) is 10.6. The fraction of sp³-hybridized carbons (Fsp3) is 0.0526. The van der Waals surface area contributed by atoms with Crippen LogP contribution in [-0.2, 0) is 16.6 Å². The van der Waals surface area contributed by atoms with Gasteiger partial charge in [-0.2, -0.15) is 0 Å². The van der Waals surface area contributed by atoms with Crippen LogP contribution in [0.25, 0.3) is 22.4 Å². The molecule has 0 bridgehead atoms. The molecule has 0 aliphatic rings. The van der Waals surface area contributed by atoms with Crippen LogP contribution in [0.3, 0.4) is 0 Å². The maximum absolute atomic E-state index is 12.4. The van der Waals surface area contributed by atoms with Gasteiger partial charge in [0.05, 0.1) is 21.5 Å². The van der Waals surface area contributed by atoms with Crippen LogP contribution in [-0.4, -0.2) is 29.5 Å². The standard InChI is InChI=1S/C19H15N3O4S2/c23-19(24)13-5-8-16-17(10-13)22-18(21-16)12-3-6-15(7-4-12)28(25,26)20-11-14-2-1-9-27-14/h1-10,20H,11H2,(H,21,22)(H,23,24). The van der Waals surface area contributed by atoms with E-state index in [0.29, 0.717) is 22.4 Å². The van der Waals surface area contributed by atoms with Gasteiger partial charge in [-0.25, -0.2) is 22.9 Å². The monoisotopic (exact) mass is 413 g/mol. The van der Waals surface area contributed by atoms with E-state index < -0.39 is 16.0 Å². The Kier molecular flexibility index (Phi) is 4.71. The molecule has 7 nitrogen and oxygen atoms in total. The third-order valence-electron chi connectivity index (χ3n) is 4.18. The van der Waals surface area contributed by atoms with E-state index in [1.807, 2.05) is 17.5 Å². The molecular weight excluding hydrogens is 398 g/mol. The van der Waals surface area contributed by atoms with E-state index in [1.165, 1.54) is 35.6 Å². The molecule has 4 aromatic rings. The van der Waals surface area contributed by atoms with Crippen molar-refractivity contribution in [1.82, 2.24) is 14.7 Å². The van der Waals surface area contributed by atoms with Crippen LogP contribution in [0.15, 0.2) is 64.9 Å². The minimum atomic E-state index is -3.61. The number of aromatic amines is 1. The van der Waals surface area contributed by atoms with E-state index in [0.717, 1.165) is 4.88 Å². The lowest BCUT2D eigenvalue weighted by Gasteiger charge is -2.06. The topological polar surface area (TPSA) is 112 Å². The maximum atomic E-state index is 12.4. The molecule has 2 aromatic heterocycles. The van der Waals surface area contributed by atoms with Gasteiger partial charge < -0.3 is 10.1 Å². The number of H-pyrrole nitrogens is 1. The number of carbonyl (C=O) groups is 1. The molecule has 0 amide bonds. The summed E-state index contributed by atoms with van der Waals surface area (Å²) < 4.78 is 27.4. The number of aromatic carboxylic acids is 1. The molecule has 4 rings (SSSR count). The summed E-state index contributed by atoms with van der Waals surface area (Å²) in [4.78, 5) is 19.7. The molecule has 28 heavy (non-hydrogen) atoms. The molecule has 2 heterocycles. The molecule has 9 heteroatoms. The zero-order chi connectivity index (χ0) is 19.7. The van der Waals surface area contributed by atoms with Crippen molar-refractivity contribution in [1.29, 1.82) is 0 Å². The van der Waals surface area contributed by atoms with Gasteiger partial charge in [-0.05, 0) is 53.9 Å². The highest BCUT2D eigenvalue weighted by molar-refractivity contribution is 7.89. The van der Waals surface area contributed by atoms with Gasteiger partial charge in [0.15, 0.2) is 0 Å². The first-order valence-electron chi connectivity index (χ1n) is 8.28. The van der Waals surface area contributed by atoms with Gasteiger partial charge in [-0.3, -0.25) is 0 Å². The summed E-state index contributed by atoms with van der Waals surface area (Å²) in [5, 5.41) is 11.0. The van der Waals surface area contributed by atoms with Crippen molar-refractivity contribution >= 4 is 38.4 Å². The molecular formula is C19H15N3O4S2. The molecule has 0 aliphatic carbocycles. The maximum Gasteiger partial charge on any atom is 0.335 e. The summed E-state index contributed by atoms with van der Waals surface area (Å²) in [6.07, 6.45) is 0. The summed E-state index contributed by atoms with van der Waals surface area (Å²) in [6, 6.07) is 14.7. The predicted octanol–water partition coefficient (Wildman–Crippen LogP) is 3.47. The van der Waals surface area contributed by atoms with Crippen molar-refractivity contribution in [2.45, 2.75) is 11.4 Å². The highest BCUT2D eigenvalue weighted by atomic mass is 32.2. The van der Waals surface area contributed by atoms with Crippen LogP contribution >= 0.6 is 11.3 Å². The summed E-state index contributed by atoms with van der Waals surface area (Å²) in [7, 11) is -3.61. The number of aromatic nitrogens is 2. The zero-order valence-corrected chi connectivity index (χ0v) is 16.0. The Hall–Kier alpha value is -3.01. The van der Waals surface area contributed by atoms with E-state index in [9.17, 15) is 13.2 Å². The normalized spacial score (nSPS) is 11.7. The zero-order valence-electron chi connectivity index (χ0n) is 14.4. The Labute approximate surface area is 164 Å². The third-order valence-corrected chi connectivity index (χ3v) is 6.48. The van der Waals surface area contributed by atoms with Crippen LogP contribution in [0.4, 0.5) is 0 Å². The molecule has 2 aromatic carbocycles. The summed E-state index contributed by atoms with van der Waals surface area (Å²) in [6.45, 7) is 0.247. The summed E-state index contributed by atoms with van der Waals surface area (Å²) in [5.41, 5.74) is 2.09. The number of carboxylic acid groups (broad SMARTS) is 1. The van der Waals surface area contributed by atoms with Crippen molar-refractivity contribution in [2.75, 3.05) is 0 Å². The summed E-state index contributed by atoms with van der Waals surface area (Å²) >= 11 is 1.49. The van der Waals surface area contributed by atoms with Crippen molar-refractivity contribution in [2.24, 2.45) is 0 Å². The minimum absolute atomic E-state index is 0.156. The van der Waals surface area contributed by atoms with E-state index in [4.69, 9.17) is 5.11 Å².